The second kappa shape index (κ2) is 13.6. The molecule has 1 fully saturated rings. The smallest absolute Gasteiger partial charge is 0.225 e. The van der Waals surface area contributed by atoms with Gasteiger partial charge in [0.1, 0.15) is 30.5 Å². The molecular weight excluding hydrogens is 545 g/mol. The number of rotatable bonds is 12. The van der Waals surface area contributed by atoms with Crippen LogP contribution in [0.5, 0.6) is 11.5 Å². The summed E-state index contributed by atoms with van der Waals surface area (Å²) in [5.74, 6) is 7.54. The van der Waals surface area contributed by atoms with Crippen molar-refractivity contribution in [3.8, 4) is 11.5 Å². The Bertz CT molecular complexity index is 1470. The first-order valence-electron chi connectivity index (χ1n) is 13.6. The second-order valence-electron chi connectivity index (χ2n) is 10.1. The molecule has 0 spiro atoms. The number of aliphatic imine (C=N–C) groups is 1. The summed E-state index contributed by atoms with van der Waals surface area (Å²) in [5.41, 5.74) is 4.73. The molecule has 3 aromatic carbocycles. The lowest BCUT2D eigenvalue weighted by Gasteiger charge is -2.13. The molecule has 9 heteroatoms. The van der Waals surface area contributed by atoms with E-state index in [9.17, 15) is 9.90 Å². The normalized spacial score (nSPS) is 19.6. The van der Waals surface area contributed by atoms with Gasteiger partial charge in [-0.2, -0.15) is 0 Å². The van der Waals surface area contributed by atoms with E-state index in [1.807, 2.05) is 60.7 Å². The van der Waals surface area contributed by atoms with Gasteiger partial charge in [0.05, 0.1) is 12.9 Å². The Balaban J connectivity index is 1.31. The van der Waals surface area contributed by atoms with Gasteiger partial charge in [-0.15, -0.1) is 4.44 Å². The number of amidine groups is 1. The number of ether oxygens (including phenoxy) is 3. The Hall–Kier alpha value is -4.29. The summed E-state index contributed by atoms with van der Waals surface area (Å²) in [6, 6.07) is 24.6. The third-order valence-corrected chi connectivity index (χ3v) is 7.76. The standard InChI is InChI=1S/C33H32N3O5.Al/c1-39-25-12-13-28-29(17-25)30(28)19-35-33(36-34)32(38)18-31(37)24-14-26(40-20-22-8-4-2-5-9-22)16-27(15-24)41-21-23-10-6-3-7-11-23;/h2-11,13-18,28-30,37H,19-21,34H2,1H3,(H,35,36);. The highest BCUT2D eigenvalue weighted by Gasteiger charge is 2.48. The number of hydrogen-bond donors (Lipinski definition) is 3. The summed E-state index contributed by atoms with van der Waals surface area (Å²) < 4.78 is 18.5. The van der Waals surface area contributed by atoms with Crippen molar-refractivity contribution in [3.05, 3.63) is 124 Å². The van der Waals surface area contributed by atoms with Crippen molar-refractivity contribution in [2.24, 2.45) is 28.6 Å². The van der Waals surface area contributed by atoms with Crippen molar-refractivity contribution >= 4 is 33.7 Å². The predicted octanol–water partition coefficient (Wildman–Crippen LogP) is 4.63. The van der Waals surface area contributed by atoms with Crippen LogP contribution in [0.25, 0.3) is 5.76 Å². The van der Waals surface area contributed by atoms with Gasteiger partial charge in [0.25, 0.3) is 0 Å². The van der Waals surface area contributed by atoms with Crippen LogP contribution in [0.15, 0.2) is 112 Å². The zero-order valence-corrected chi connectivity index (χ0v) is 24.4. The first-order valence-corrected chi connectivity index (χ1v) is 14.2. The molecule has 3 aromatic rings. The minimum atomic E-state index is -0.545. The zero-order chi connectivity index (χ0) is 29.5. The number of nitrogens with zero attached hydrogens (tertiary/aromatic N) is 1. The Morgan fingerprint density at radius 2 is 1.52 bits per heavy atom. The van der Waals surface area contributed by atoms with E-state index in [0.717, 1.165) is 27.4 Å². The Morgan fingerprint density at radius 1 is 0.952 bits per heavy atom. The SMILES string of the molecule is COC1=CC2C(C=[C]1[Al])C2CN=C(NN)C(=O)C=C(O)c1cc(OCc2ccccc2)cc(OCc2ccccc2)c1. The molecule has 0 amide bonds. The molecule has 2 aliphatic rings. The molecule has 42 heavy (non-hydrogen) atoms. The number of carbonyl (C=O) groups is 1. The number of aliphatic hydroxyl groups is 1. The van der Waals surface area contributed by atoms with Crippen LogP contribution < -0.4 is 20.7 Å². The van der Waals surface area contributed by atoms with E-state index in [2.05, 4.69) is 38.9 Å². The van der Waals surface area contributed by atoms with Crippen molar-refractivity contribution in [2.45, 2.75) is 13.2 Å². The fraction of sp³-hybridized carbons (Fsp3) is 0.212. The fourth-order valence-corrected chi connectivity index (χ4v) is 5.36. The number of carbonyl (C=O) groups excluding carboxylic acids is 1. The van der Waals surface area contributed by atoms with Gasteiger partial charge in [-0.1, -0.05) is 66.7 Å². The Morgan fingerprint density at radius 3 is 2.07 bits per heavy atom. The largest absolute Gasteiger partial charge is 0.507 e. The summed E-state index contributed by atoms with van der Waals surface area (Å²) in [5, 5.41) is 11.0. The van der Waals surface area contributed by atoms with Crippen molar-refractivity contribution in [2.75, 3.05) is 13.7 Å². The van der Waals surface area contributed by atoms with E-state index in [0.29, 0.717) is 48.7 Å². The average Bonchev–Trinajstić information content (AvgIpc) is 3.70. The van der Waals surface area contributed by atoms with E-state index in [1.54, 1.807) is 25.3 Å². The predicted molar refractivity (Wildman–Crippen MR) is 163 cm³/mol. The summed E-state index contributed by atoms with van der Waals surface area (Å²) >= 11 is 2.69. The summed E-state index contributed by atoms with van der Waals surface area (Å²) in [7, 11) is 1.65. The maximum atomic E-state index is 13.0. The number of nitrogens with two attached hydrogens (primary N) is 1. The van der Waals surface area contributed by atoms with Gasteiger partial charge in [-0.25, -0.2) is 5.84 Å². The van der Waals surface area contributed by atoms with E-state index < -0.39 is 5.78 Å². The quantitative estimate of drug-likeness (QED) is 0.0547. The monoisotopic (exact) mass is 577 g/mol. The Labute approximate surface area is 253 Å². The molecule has 2 aliphatic carbocycles. The van der Waals surface area contributed by atoms with E-state index in [1.165, 1.54) is 0 Å². The lowest BCUT2D eigenvalue weighted by atomic mass is 10.1. The number of nitrogens with one attached hydrogen (secondary N) is 1. The molecule has 4 N–H and O–H groups in total. The number of hydrazine groups is 1. The molecule has 0 aliphatic heterocycles. The van der Waals surface area contributed by atoms with Gasteiger partial charge in [-0.3, -0.25) is 9.79 Å². The molecule has 1 saturated carbocycles. The highest BCUT2D eigenvalue weighted by Crippen LogP contribution is 2.52. The van der Waals surface area contributed by atoms with Crippen LogP contribution in [0, 0.1) is 17.8 Å². The molecule has 3 unspecified atom stereocenters. The number of ketones is 1. The maximum absolute atomic E-state index is 13.0. The molecular formula is C33H32AlN3O5. The molecule has 2 radical (unpaired) electrons. The third kappa shape index (κ3) is 7.31. The molecule has 0 bridgehead atoms. The molecule has 0 saturated heterocycles. The molecule has 3 atom stereocenters. The number of methoxy groups -OCH3 is 1. The number of allylic oxidation sites excluding steroid dienone is 3. The average molecular weight is 578 g/mol. The second-order valence-corrected chi connectivity index (χ2v) is 10.8. The third-order valence-electron chi connectivity index (χ3n) is 7.28. The number of aliphatic hydroxyl groups excluding tert-OH is 1. The van der Waals surface area contributed by atoms with Crippen molar-refractivity contribution in [1.29, 1.82) is 0 Å². The summed E-state index contributed by atoms with van der Waals surface area (Å²) in [6.07, 6.45) is 5.35. The molecule has 0 heterocycles. The first-order chi connectivity index (χ1) is 20.4. The molecule has 8 nitrogen and oxygen atoms in total. The van der Waals surface area contributed by atoms with Crippen molar-refractivity contribution in [3.63, 3.8) is 0 Å². The highest BCUT2D eigenvalue weighted by atomic mass is 27.0. The van der Waals surface area contributed by atoms with E-state index in [-0.39, 0.29) is 17.5 Å². The van der Waals surface area contributed by atoms with Crippen molar-refractivity contribution in [1.82, 2.24) is 5.43 Å². The number of hydrogen-bond acceptors (Lipinski definition) is 7. The summed E-state index contributed by atoms with van der Waals surface area (Å²) in [6.45, 7) is 1.08. The fourth-order valence-electron chi connectivity index (χ4n) is 4.92. The Kier molecular flexibility index (Phi) is 9.45. The lowest BCUT2D eigenvalue weighted by Crippen LogP contribution is -2.36. The molecule has 5 rings (SSSR count). The minimum Gasteiger partial charge on any atom is -0.507 e. The topological polar surface area (TPSA) is 115 Å². The zero-order valence-electron chi connectivity index (χ0n) is 23.3. The van der Waals surface area contributed by atoms with Crippen molar-refractivity contribution < 1.29 is 24.1 Å². The molecule has 212 valence electrons. The maximum Gasteiger partial charge on any atom is 0.225 e. The highest BCUT2D eigenvalue weighted by molar-refractivity contribution is 6.43. The molecule has 0 aromatic heterocycles. The van der Waals surface area contributed by atoms with E-state index in [4.69, 9.17) is 20.1 Å². The first kappa shape index (κ1) is 29.2. The van der Waals surface area contributed by atoms with Gasteiger partial charge in [0.2, 0.25) is 5.78 Å². The number of fused-ring (bicyclic) bond motifs is 1. The summed E-state index contributed by atoms with van der Waals surface area (Å²) in [4.78, 5) is 17.5. The van der Waals surface area contributed by atoms with Gasteiger partial charge in [0, 0.05) is 24.3 Å². The van der Waals surface area contributed by atoms with Gasteiger partial charge < -0.3 is 24.7 Å². The lowest BCUT2D eigenvalue weighted by molar-refractivity contribution is -0.109. The van der Waals surface area contributed by atoms with Gasteiger partial charge in [0.15, 0.2) is 22.1 Å². The van der Waals surface area contributed by atoms with Crippen LogP contribution in [-0.4, -0.2) is 46.7 Å². The van der Waals surface area contributed by atoms with Crippen LogP contribution in [0.3, 0.4) is 0 Å². The van der Waals surface area contributed by atoms with Gasteiger partial charge >= 0.3 is 0 Å². The van der Waals surface area contributed by atoms with Crippen LogP contribution >= 0.6 is 0 Å². The van der Waals surface area contributed by atoms with Crippen LogP contribution in [0.1, 0.15) is 16.7 Å². The van der Waals surface area contributed by atoms with E-state index >= 15 is 0 Å². The minimum absolute atomic E-state index is 0.0340. The van der Waals surface area contributed by atoms with Crippen LogP contribution in [0.4, 0.5) is 0 Å². The van der Waals surface area contributed by atoms with Crippen LogP contribution in [0.2, 0.25) is 0 Å². The number of benzene rings is 3. The van der Waals surface area contributed by atoms with Gasteiger partial charge in [-0.05, 0) is 47.1 Å². The van der Waals surface area contributed by atoms with Crippen LogP contribution in [-0.2, 0) is 22.7 Å².